The molecule has 1 amide bonds. The van der Waals surface area contributed by atoms with Crippen molar-refractivity contribution in [2.24, 2.45) is 0 Å². The number of fused-ring (bicyclic) bond motifs is 1. The number of carbonyl (C=O) groups excluding carboxylic acids is 1. The Labute approximate surface area is 216 Å². The second-order valence-electron chi connectivity index (χ2n) is 8.27. The van der Waals surface area contributed by atoms with Crippen molar-refractivity contribution >= 4 is 38.4 Å². The van der Waals surface area contributed by atoms with Crippen LogP contribution in [0.1, 0.15) is 15.9 Å². The summed E-state index contributed by atoms with van der Waals surface area (Å²) in [5.41, 5.74) is 2.68. The molecule has 0 aliphatic carbocycles. The molecule has 38 heavy (non-hydrogen) atoms. The number of nitrogens with one attached hydrogen (secondary N) is 1. The van der Waals surface area contributed by atoms with Crippen LogP contribution in [0.15, 0.2) is 95.9 Å². The fraction of sp³-hybridized carbons (Fsp3) is 0.0385. The van der Waals surface area contributed by atoms with Crippen LogP contribution in [0.2, 0.25) is 0 Å². The van der Waals surface area contributed by atoms with E-state index < -0.39 is 20.9 Å². The minimum Gasteiger partial charge on any atom is -0.377 e. The van der Waals surface area contributed by atoms with Crippen LogP contribution in [-0.4, -0.2) is 34.2 Å². The Morgan fingerprint density at radius 1 is 0.921 bits per heavy atom. The van der Waals surface area contributed by atoms with E-state index in [-0.39, 0.29) is 21.9 Å². The number of rotatable bonds is 7. The Hall–Kier alpha value is -5.10. The summed E-state index contributed by atoms with van der Waals surface area (Å²) in [5.74, 6) is -0.587. The highest BCUT2D eigenvalue weighted by molar-refractivity contribution is 7.87. The molecule has 11 nitrogen and oxygen atoms in total. The molecular weight excluding hydrogens is 510 g/mol. The van der Waals surface area contributed by atoms with Gasteiger partial charge in [-0.05, 0) is 67.1 Å². The molecule has 12 heteroatoms. The number of anilines is 1. The summed E-state index contributed by atoms with van der Waals surface area (Å²) in [4.78, 5) is 24.1. The standard InChI is InChI=1S/C26H19N5O6S/c1-17-9-14-25(24(15-17)30-28-22-7-2-3-8-23(22)29-30)37-38(35,36)21-6-4-5-18(16-21)26(32)27-19-10-12-20(13-11-19)31(33)34/h2-16H,1H3,(H,27,32). The third kappa shape index (κ3) is 5.06. The van der Waals surface area contributed by atoms with E-state index in [1.54, 1.807) is 24.3 Å². The van der Waals surface area contributed by atoms with E-state index in [1.165, 1.54) is 59.4 Å². The highest BCUT2D eigenvalue weighted by Crippen LogP contribution is 2.28. The number of nitrogens with zero attached hydrogens (tertiary/aromatic N) is 4. The molecule has 1 N–H and O–H groups in total. The normalized spacial score (nSPS) is 11.3. The van der Waals surface area contributed by atoms with Gasteiger partial charge in [-0.3, -0.25) is 14.9 Å². The molecule has 0 radical (unpaired) electrons. The first kappa shape index (κ1) is 24.6. The van der Waals surface area contributed by atoms with Crippen LogP contribution in [0.25, 0.3) is 16.7 Å². The lowest BCUT2D eigenvalue weighted by molar-refractivity contribution is -0.384. The Kier molecular flexibility index (Phi) is 6.31. The number of nitro groups is 1. The quantitative estimate of drug-likeness (QED) is 0.182. The van der Waals surface area contributed by atoms with Gasteiger partial charge in [0.25, 0.3) is 11.6 Å². The number of hydrogen-bond acceptors (Lipinski definition) is 8. The molecule has 0 aliphatic rings. The van der Waals surface area contributed by atoms with Gasteiger partial charge >= 0.3 is 10.1 Å². The molecule has 0 saturated carbocycles. The van der Waals surface area contributed by atoms with Crippen LogP contribution in [0, 0.1) is 17.0 Å². The zero-order valence-corrected chi connectivity index (χ0v) is 20.6. The molecule has 1 aromatic heterocycles. The lowest BCUT2D eigenvalue weighted by atomic mass is 10.2. The van der Waals surface area contributed by atoms with Crippen LogP contribution in [0.5, 0.6) is 5.75 Å². The Morgan fingerprint density at radius 2 is 1.61 bits per heavy atom. The number of aryl methyl sites for hydroxylation is 1. The van der Waals surface area contributed by atoms with Crippen molar-refractivity contribution in [1.29, 1.82) is 0 Å². The Morgan fingerprint density at radius 3 is 2.26 bits per heavy atom. The molecule has 0 fully saturated rings. The fourth-order valence-corrected chi connectivity index (χ4v) is 4.64. The first-order valence-corrected chi connectivity index (χ1v) is 12.6. The summed E-state index contributed by atoms with van der Waals surface area (Å²) < 4.78 is 31.9. The molecule has 0 bridgehead atoms. The van der Waals surface area contributed by atoms with Crippen molar-refractivity contribution in [3.8, 4) is 11.4 Å². The number of non-ortho nitro benzene ring substituents is 1. The van der Waals surface area contributed by atoms with Gasteiger partial charge in [-0.25, -0.2) is 0 Å². The van der Waals surface area contributed by atoms with Crippen molar-refractivity contribution in [2.75, 3.05) is 5.32 Å². The van der Waals surface area contributed by atoms with Crippen molar-refractivity contribution < 1.29 is 22.3 Å². The average molecular weight is 530 g/mol. The summed E-state index contributed by atoms with van der Waals surface area (Å²) >= 11 is 0. The average Bonchev–Trinajstić information content (AvgIpc) is 3.34. The smallest absolute Gasteiger partial charge is 0.339 e. The molecule has 5 aromatic rings. The van der Waals surface area contributed by atoms with Crippen LogP contribution >= 0.6 is 0 Å². The van der Waals surface area contributed by atoms with Crippen molar-refractivity contribution in [1.82, 2.24) is 15.0 Å². The highest BCUT2D eigenvalue weighted by Gasteiger charge is 2.22. The Bertz CT molecular complexity index is 1770. The van der Waals surface area contributed by atoms with E-state index in [2.05, 4.69) is 15.5 Å². The molecule has 0 spiro atoms. The lowest BCUT2D eigenvalue weighted by Crippen LogP contribution is -2.15. The minimum atomic E-state index is -4.35. The number of aromatic nitrogens is 3. The first-order valence-electron chi connectivity index (χ1n) is 11.2. The molecule has 0 atom stereocenters. The second kappa shape index (κ2) is 9.75. The molecule has 4 aromatic carbocycles. The highest BCUT2D eigenvalue weighted by atomic mass is 32.2. The zero-order valence-electron chi connectivity index (χ0n) is 19.8. The van der Waals surface area contributed by atoms with Gasteiger partial charge in [0.2, 0.25) is 0 Å². The Balaban J connectivity index is 1.41. The fourth-order valence-electron chi connectivity index (χ4n) is 3.65. The maximum atomic E-state index is 13.2. The first-order chi connectivity index (χ1) is 18.2. The molecule has 0 aliphatic heterocycles. The number of benzene rings is 4. The summed E-state index contributed by atoms with van der Waals surface area (Å²) in [6.45, 7) is 1.85. The molecule has 5 rings (SSSR count). The van der Waals surface area contributed by atoms with Crippen LogP contribution < -0.4 is 9.50 Å². The maximum Gasteiger partial charge on any atom is 0.339 e. The van der Waals surface area contributed by atoms with E-state index >= 15 is 0 Å². The minimum absolute atomic E-state index is 0.0108. The van der Waals surface area contributed by atoms with Gasteiger partial charge in [0.1, 0.15) is 21.6 Å². The van der Waals surface area contributed by atoms with Gasteiger partial charge in [-0.2, -0.15) is 8.42 Å². The van der Waals surface area contributed by atoms with Gasteiger partial charge < -0.3 is 9.50 Å². The summed E-state index contributed by atoms with van der Waals surface area (Å²) in [6, 6.07) is 22.8. The van der Waals surface area contributed by atoms with E-state index in [0.717, 1.165) is 5.56 Å². The maximum absolute atomic E-state index is 13.2. The molecule has 0 saturated heterocycles. The number of carbonyl (C=O) groups is 1. The van der Waals surface area contributed by atoms with E-state index in [1.807, 2.05) is 19.1 Å². The molecular formula is C26H19N5O6S. The monoisotopic (exact) mass is 529 g/mol. The summed E-state index contributed by atoms with van der Waals surface area (Å²) in [7, 11) is -4.35. The summed E-state index contributed by atoms with van der Waals surface area (Å²) in [6.07, 6.45) is 0. The predicted octanol–water partition coefficient (Wildman–Crippen LogP) is 4.66. The largest absolute Gasteiger partial charge is 0.377 e. The third-order valence-electron chi connectivity index (χ3n) is 5.54. The van der Waals surface area contributed by atoms with Crippen molar-refractivity contribution in [3.63, 3.8) is 0 Å². The number of nitro benzene ring substituents is 1. The van der Waals surface area contributed by atoms with Gasteiger partial charge in [-0.15, -0.1) is 15.0 Å². The van der Waals surface area contributed by atoms with Gasteiger partial charge in [0.15, 0.2) is 5.75 Å². The van der Waals surface area contributed by atoms with Crippen molar-refractivity contribution in [3.05, 3.63) is 112 Å². The SMILES string of the molecule is Cc1ccc(OS(=O)(=O)c2cccc(C(=O)Nc3ccc([N+](=O)[O-])cc3)c2)c(-n2nc3ccccc3n2)c1. The molecule has 0 unspecified atom stereocenters. The van der Waals surface area contributed by atoms with Gasteiger partial charge in [0, 0.05) is 23.4 Å². The zero-order chi connectivity index (χ0) is 26.9. The number of amides is 1. The van der Waals surface area contributed by atoms with Crippen LogP contribution in [-0.2, 0) is 10.1 Å². The van der Waals surface area contributed by atoms with Crippen molar-refractivity contribution in [2.45, 2.75) is 11.8 Å². The third-order valence-corrected chi connectivity index (χ3v) is 6.77. The summed E-state index contributed by atoms with van der Waals surface area (Å²) in [5, 5.41) is 22.2. The predicted molar refractivity (Wildman–Crippen MR) is 139 cm³/mol. The number of hydrogen-bond donors (Lipinski definition) is 1. The van der Waals surface area contributed by atoms with E-state index in [0.29, 0.717) is 22.4 Å². The van der Waals surface area contributed by atoms with Gasteiger partial charge in [0.05, 0.1) is 4.92 Å². The lowest BCUT2D eigenvalue weighted by Gasteiger charge is -2.12. The van der Waals surface area contributed by atoms with Gasteiger partial charge in [-0.1, -0.05) is 24.3 Å². The molecule has 1 heterocycles. The second-order valence-corrected chi connectivity index (χ2v) is 9.82. The van der Waals surface area contributed by atoms with Crippen LogP contribution in [0.3, 0.4) is 0 Å². The topological polar surface area (TPSA) is 146 Å². The van der Waals surface area contributed by atoms with E-state index in [9.17, 15) is 23.3 Å². The molecule has 190 valence electrons. The van der Waals surface area contributed by atoms with E-state index in [4.69, 9.17) is 4.18 Å². The van der Waals surface area contributed by atoms with Crippen LogP contribution in [0.4, 0.5) is 11.4 Å².